The maximum atomic E-state index is 9.27. The van der Waals surface area contributed by atoms with E-state index in [-0.39, 0.29) is 5.75 Å². The Hall–Kier alpha value is -1.18. The molecule has 66 valence electrons. The zero-order valence-electron chi connectivity index (χ0n) is 7.59. The third kappa shape index (κ3) is 1.70. The second kappa shape index (κ2) is 3.48. The molecule has 0 aliphatic carbocycles. The predicted octanol–water partition coefficient (Wildman–Crippen LogP) is 2.24. The van der Waals surface area contributed by atoms with Crippen LogP contribution in [0.3, 0.4) is 0 Å². The molecule has 0 aliphatic heterocycles. The molecule has 1 aromatic rings. The van der Waals surface area contributed by atoms with E-state index in [1.807, 2.05) is 13.0 Å². The first-order valence-corrected chi connectivity index (χ1v) is 4.23. The van der Waals surface area contributed by atoms with E-state index in [4.69, 9.17) is 5.73 Å². The van der Waals surface area contributed by atoms with Gasteiger partial charge in [-0.25, -0.2) is 0 Å². The standard InChI is InChI=1S/C10H15NO/c1-3-4-8-6-9(11)10(12)5-7(8)2/h5-6,12H,3-4,11H2,1-2H3. The highest BCUT2D eigenvalue weighted by Crippen LogP contribution is 2.24. The fourth-order valence-electron chi connectivity index (χ4n) is 1.30. The zero-order valence-corrected chi connectivity index (χ0v) is 7.59. The zero-order chi connectivity index (χ0) is 9.14. The summed E-state index contributed by atoms with van der Waals surface area (Å²) in [5.41, 5.74) is 8.39. The number of aromatic hydroxyl groups is 1. The number of rotatable bonds is 2. The first-order valence-electron chi connectivity index (χ1n) is 4.23. The molecule has 3 N–H and O–H groups in total. The summed E-state index contributed by atoms with van der Waals surface area (Å²) in [6.45, 7) is 4.12. The molecule has 0 amide bonds. The molecule has 0 spiro atoms. The van der Waals surface area contributed by atoms with E-state index in [2.05, 4.69) is 6.92 Å². The van der Waals surface area contributed by atoms with Gasteiger partial charge in [0.05, 0.1) is 5.69 Å². The molecule has 0 radical (unpaired) electrons. The average molecular weight is 165 g/mol. The summed E-state index contributed by atoms with van der Waals surface area (Å²) < 4.78 is 0. The number of nitrogens with two attached hydrogens (primary N) is 1. The largest absolute Gasteiger partial charge is 0.506 e. The van der Waals surface area contributed by atoms with Gasteiger partial charge in [0, 0.05) is 0 Å². The van der Waals surface area contributed by atoms with Gasteiger partial charge in [-0.3, -0.25) is 0 Å². The number of hydrogen-bond acceptors (Lipinski definition) is 2. The van der Waals surface area contributed by atoms with Gasteiger partial charge in [0.25, 0.3) is 0 Å². The quantitative estimate of drug-likeness (QED) is 0.521. The Bertz CT molecular complexity index is 281. The topological polar surface area (TPSA) is 46.2 Å². The van der Waals surface area contributed by atoms with Crippen molar-refractivity contribution in [1.82, 2.24) is 0 Å². The molecule has 0 unspecified atom stereocenters. The Labute approximate surface area is 73.0 Å². The van der Waals surface area contributed by atoms with Crippen LogP contribution in [0.15, 0.2) is 12.1 Å². The number of phenolic OH excluding ortho intramolecular Hbond substituents is 1. The molecule has 0 heterocycles. The van der Waals surface area contributed by atoms with Crippen LogP contribution in [0.25, 0.3) is 0 Å². The Morgan fingerprint density at radius 2 is 2.08 bits per heavy atom. The summed E-state index contributed by atoms with van der Waals surface area (Å²) in [5, 5.41) is 9.27. The highest BCUT2D eigenvalue weighted by Gasteiger charge is 2.02. The van der Waals surface area contributed by atoms with Crippen LogP contribution in [0.2, 0.25) is 0 Å². The molecule has 12 heavy (non-hydrogen) atoms. The molecule has 0 atom stereocenters. The Morgan fingerprint density at radius 3 is 2.67 bits per heavy atom. The van der Waals surface area contributed by atoms with Gasteiger partial charge in [0.15, 0.2) is 0 Å². The van der Waals surface area contributed by atoms with E-state index in [0.29, 0.717) is 5.69 Å². The van der Waals surface area contributed by atoms with Crippen molar-refractivity contribution in [3.63, 3.8) is 0 Å². The molecule has 0 bridgehead atoms. The normalized spacial score (nSPS) is 10.2. The molecule has 2 heteroatoms. The molecular weight excluding hydrogens is 150 g/mol. The van der Waals surface area contributed by atoms with Gasteiger partial charge in [-0.2, -0.15) is 0 Å². The summed E-state index contributed by atoms with van der Waals surface area (Å²) >= 11 is 0. The fraction of sp³-hybridized carbons (Fsp3) is 0.400. The number of anilines is 1. The minimum atomic E-state index is 0.187. The van der Waals surface area contributed by atoms with Gasteiger partial charge in [0.1, 0.15) is 5.75 Å². The van der Waals surface area contributed by atoms with Gasteiger partial charge in [-0.15, -0.1) is 0 Å². The minimum absolute atomic E-state index is 0.187. The molecule has 0 saturated heterocycles. The lowest BCUT2D eigenvalue weighted by Gasteiger charge is -2.06. The third-order valence-electron chi connectivity index (χ3n) is 2.00. The third-order valence-corrected chi connectivity index (χ3v) is 2.00. The van der Waals surface area contributed by atoms with E-state index >= 15 is 0 Å². The molecule has 0 aliphatic rings. The first kappa shape index (κ1) is 8.91. The lowest BCUT2D eigenvalue weighted by molar-refractivity contribution is 0.477. The van der Waals surface area contributed by atoms with Crippen LogP contribution < -0.4 is 5.73 Å². The first-order chi connectivity index (χ1) is 5.65. The van der Waals surface area contributed by atoms with Crippen molar-refractivity contribution in [1.29, 1.82) is 0 Å². The monoisotopic (exact) mass is 165 g/mol. The molecule has 1 aromatic carbocycles. The van der Waals surface area contributed by atoms with Crippen LogP contribution >= 0.6 is 0 Å². The Balaban J connectivity index is 3.05. The molecule has 0 saturated carbocycles. The minimum Gasteiger partial charge on any atom is -0.506 e. The molecule has 0 aromatic heterocycles. The average Bonchev–Trinajstić information content (AvgIpc) is 2.01. The van der Waals surface area contributed by atoms with Crippen molar-refractivity contribution in [3.05, 3.63) is 23.3 Å². The molecule has 0 fully saturated rings. The number of hydrogen-bond donors (Lipinski definition) is 2. The highest BCUT2D eigenvalue weighted by molar-refractivity contribution is 5.55. The highest BCUT2D eigenvalue weighted by atomic mass is 16.3. The Morgan fingerprint density at radius 1 is 1.42 bits per heavy atom. The van der Waals surface area contributed by atoms with Crippen LogP contribution in [0, 0.1) is 6.92 Å². The van der Waals surface area contributed by atoms with Crippen LogP contribution in [0.5, 0.6) is 5.75 Å². The van der Waals surface area contributed by atoms with Crippen molar-refractivity contribution in [2.24, 2.45) is 0 Å². The maximum Gasteiger partial charge on any atom is 0.138 e. The van der Waals surface area contributed by atoms with Crippen LogP contribution in [-0.4, -0.2) is 5.11 Å². The fourth-order valence-corrected chi connectivity index (χ4v) is 1.30. The van der Waals surface area contributed by atoms with E-state index < -0.39 is 0 Å². The van der Waals surface area contributed by atoms with E-state index in [9.17, 15) is 5.11 Å². The SMILES string of the molecule is CCCc1cc(N)c(O)cc1C. The van der Waals surface area contributed by atoms with Gasteiger partial charge < -0.3 is 10.8 Å². The molecule has 1 rings (SSSR count). The van der Waals surface area contributed by atoms with Gasteiger partial charge in [-0.1, -0.05) is 13.3 Å². The smallest absolute Gasteiger partial charge is 0.138 e. The Kier molecular flexibility index (Phi) is 2.58. The van der Waals surface area contributed by atoms with Crippen LogP contribution in [0.1, 0.15) is 24.5 Å². The summed E-state index contributed by atoms with van der Waals surface area (Å²) in [6, 6.07) is 3.58. The lowest BCUT2D eigenvalue weighted by atomic mass is 10.0. The number of aryl methyl sites for hydroxylation is 2. The van der Waals surface area contributed by atoms with Gasteiger partial charge in [-0.05, 0) is 36.6 Å². The van der Waals surface area contributed by atoms with Crippen molar-refractivity contribution >= 4 is 5.69 Å². The lowest BCUT2D eigenvalue weighted by Crippen LogP contribution is -1.93. The van der Waals surface area contributed by atoms with Crippen molar-refractivity contribution in [2.75, 3.05) is 5.73 Å². The summed E-state index contributed by atoms with van der Waals surface area (Å²) in [6.07, 6.45) is 2.13. The van der Waals surface area contributed by atoms with E-state index in [0.717, 1.165) is 18.4 Å². The van der Waals surface area contributed by atoms with Crippen molar-refractivity contribution < 1.29 is 5.11 Å². The van der Waals surface area contributed by atoms with Crippen LogP contribution in [0.4, 0.5) is 5.69 Å². The van der Waals surface area contributed by atoms with E-state index in [1.54, 1.807) is 6.07 Å². The predicted molar refractivity (Wildman–Crippen MR) is 51.3 cm³/mol. The molecular formula is C10H15NO. The van der Waals surface area contributed by atoms with Crippen molar-refractivity contribution in [3.8, 4) is 5.75 Å². The number of nitrogen functional groups attached to an aromatic ring is 1. The summed E-state index contributed by atoms with van der Waals surface area (Å²) in [7, 11) is 0. The summed E-state index contributed by atoms with van der Waals surface area (Å²) in [5.74, 6) is 0.187. The maximum absolute atomic E-state index is 9.27. The van der Waals surface area contributed by atoms with E-state index in [1.165, 1.54) is 5.56 Å². The van der Waals surface area contributed by atoms with Crippen molar-refractivity contribution in [2.45, 2.75) is 26.7 Å². The number of phenols is 1. The van der Waals surface area contributed by atoms with Crippen LogP contribution in [-0.2, 0) is 6.42 Å². The van der Waals surface area contributed by atoms with Gasteiger partial charge in [0.2, 0.25) is 0 Å². The number of benzene rings is 1. The van der Waals surface area contributed by atoms with Gasteiger partial charge >= 0.3 is 0 Å². The molecule has 2 nitrogen and oxygen atoms in total. The second-order valence-electron chi connectivity index (χ2n) is 3.09. The summed E-state index contributed by atoms with van der Waals surface area (Å²) in [4.78, 5) is 0. The second-order valence-corrected chi connectivity index (χ2v) is 3.09.